The second kappa shape index (κ2) is 9.47. The summed E-state index contributed by atoms with van der Waals surface area (Å²) in [6, 6.07) is 27.1. The maximum absolute atomic E-state index is 13.0. The first-order valence-corrected chi connectivity index (χ1v) is 11.4. The normalized spacial score (nSPS) is 15.9. The summed E-state index contributed by atoms with van der Waals surface area (Å²) in [6.07, 6.45) is 3.80. The molecule has 0 bridgehead atoms. The highest BCUT2D eigenvalue weighted by molar-refractivity contribution is 6.08. The number of carbonyl (C=O) groups excluding carboxylic acids is 1. The van der Waals surface area contributed by atoms with Gasteiger partial charge in [-0.15, -0.1) is 0 Å². The Morgan fingerprint density at radius 3 is 2.25 bits per heavy atom. The number of rotatable bonds is 6. The Bertz CT molecular complexity index is 1500. The second-order valence-corrected chi connectivity index (χ2v) is 8.20. The molecule has 4 aromatic rings. The summed E-state index contributed by atoms with van der Waals surface area (Å²) in [5.41, 5.74) is 1.60. The lowest BCUT2D eigenvalue weighted by atomic mass is 9.82. The van der Waals surface area contributed by atoms with Crippen LogP contribution in [-0.4, -0.2) is 26.8 Å². The van der Waals surface area contributed by atoms with Crippen molar-refractivity contribution < 1.29 is 23.7 Å². The molecule has 178 valence electrons. The first kappa shape index (κ1) is 23.0. The van der Waals surface area contributed by atoms with Crippen LogP contribution >= 0.6 is 0 Å². The molecule has 5 rings (SSSR count). The molecule has 0 aliphatic carbocycles. The predicted molar refractivity (Wildman–Crippen MR) is 136 cm³/mol. The minimum Gasteiger partial charge on any atom is -0.497 e. The Balaban J connectivity index is 1.81. The number of esters is 1. The SMILES string of the molecule is COC(=O)c1c2c(c3ccccc3c1OCC#N)OC(c1ccccc1)(c1ccc(OC)cc1)C=C2. The smallest absolute Gasteiger partial charge is 0.342 e. The number of hydrogen-bond donors (Lipinski definition) is 0. The molecule has 36 heavy (non-hydrogen) atoms. The minimum absolute atomic E-state index is 0.211. The molecule has 0 saturated heterocycles. The fourth-order valence-electron chi connectivity index (χ4n) is 4.62. The number of nitriles is 1. The molecule has 1 aliphatic rings. The van der Waals surface area contributed by atoms with Gasteiger partial charge in [-0.3, -0.25) is 0 Å². The summed E-state index contributed by atoms with van der Waals surface area (Å²) in [5, 5.41) is 10.6. The summed E-state index contributed by atoms with van der Waals surface area (Å²) in [4.78, 5) is 13.0. The van der Waals surface area contributed by atoms with Crippen LogP contribution in [-0.2, 0) is 10.3 Å². The Kier molecular flexibility index (Phi) is 6.05. The molecule has 4 aromatic carbocycles. The Hall–Kier alpha value is -4.76. The van der Waals surface area contributed by atoms with Crippen LogP contribution in [0.5, 0.6) is 17.2 Å². The molecule has 0 saturated carbocycles. The lowest BCUT2D eigenvalue weighted by Gasteiger charge is -2.37. The van der Waals surface area contributed by atoms with Crippen molar-refractivity contribution >= 4 is 22.8 Å². The minimum atomic E-state index is -0.967. The van der Waals surface area contributed by atoms with Crippen LogP contribution < -0.4 is 14.2 Å². The molecule has 1 aliphatic heterocycles. The molecule has 0 N–H and O–H groups in total. The highest BCUT2D eigenvalue weighted by atomic mass is 16.5. The summed E-state index contributed by atoms with van der Waals surface area (Å²) in [7, 11) is 2.94. The van der Waals surface area contributed by atoms with Crippen LogP contribution in [0.15, 0.2) is 84.9 Å². The van der Waals surface area contributed by atoms with Crippen molar-refractivity contribution in [3.63, 3.8) is 0 Å². The van der Waals surface area contributed by atoms with Crippen molar-refractivity contribution in [2.24, 2.45) is 0 Å². The molecule has 0 spiro atoms. The topological polar surface area (TPSA) is 77.8 Å². The van der Waals surface area contributed by atoms with E-state index in [4.69, 9.17) is 24.2 Å². The van der Waals surface area contributed by atoms with Crippen molar-refractivity contribution in [3.05, 3.63) is 107 Å². The molecule has 0 amide bonds. The van der Waals surface area contributed by atoms with Crippen molar-refractivity contribution in [1.82, 2.24) is 0 Å². The lowest BCUT2D eigenvalue weighted by Crippen LogP contribution is -2.34. The van der Waals surface area contributed by atoms with E-state index in [1.54, 1.807) is 7.11 Å². The zero-order valence-electron chi connectivity index (χ0n) is 19.9. The maximum atomic E-state index is 13.0. The third-order valence-corrected chi connectivity index (χ3v) is 6.30. The molecular weight excluding hydrogens is 454 g/mol. The van der Waals surface area contributed by atoms with Crippen LogP contribution in [0.1, 0.15) is 27.0 Å². The van der Waals surface area contributed by atoms with Crippen molar-refractivity contribution in [2.45, 2.75) is 5.60 Å². The molecule has 6 heteroatoms. The van der Waals surface area contributed by atoms with E-state index in [0.29, 0.717) is 22.4 Å². The summed E-state index contributed by atoms with van der Waals surface area (Å²) in [6.45, 7) is -0.211. The first-order valence-electron chi connectivity index (χ1n) is 11.4. The van der Waals surface area contributed by atoms with Gasteiger partial charge in [0.1, 0.15) is 28.9 Å². The Labute approximate surface area is 208 Å². The summed E-state index contributed by atoms with van der Waals surface area (Å²) >= 11 is 0. The Morgan fingerprint density at radius 1 is 0.917 bits per heavy atom. The number of carbonyl (C=O) groups is 1. The van der Waals surface area contributed by atoms with Gasteiger partial charge < -0.3 is 18.9 Å². The zero-order valence-corrected chi connectivity index (χ0v) is 19.9. The average Bonchev–Trinajstić information content (AvgIpc) is 2.95. The van der Waals surface area contributed by atoms with Crippen molar-refractivity contribution in [1.29, 1.82) is 5.26 Å². The van der Waals surface area contributed by atoms with Gasteiger partial charge in [-0.1, -0.05) is 66.7 Å². The first-order chi connectivity index (χ1) is 17.6. The van der Waals surface area contributed by atoms with Gasteiger partial charge in [-0.05, 0) is 24.3 Å². The van der Waals surface area contributed by atoms with E-state index in [1.165, 1.54) is 7.11 Å². The standard InChI is InChI=1S/C30H23NO5/c1-33-22-14-12-21(13-15-22)30(20-8-4-3-5-9-20)17-16-25-26(29(32)34-2)28(35-19-18-31)24-11-7-6-10-23(24)27(25)36-30/h3-17H,19H2,1-2H3. The summed E-state index contributed by atoms with van der Waals surface area (Å²) in [5.74, 6) is 0.981. The quantitative estimate of drug-likeness (QED) is 0.323. The monoisotopic (exact) mass is 477 g/mol. The van der Waals surface area contributed by atoms with Gasteiger partial charge in [0.15, 0.2) is 12.2 Å². The average molecular weight is 478 g/mol. The third-order valence-electron chi connectivity index (χ3n) is 6.30. The highest BCUT2D eigenvalue weighted by Gasteiger charge is 2.40. The number of benzene rings is 4. The van der Waals surface area contributed by atoms with Crippen LogP contribution in [0.2, 0.25) is 0 Å². The van der Waals surface area contributed by atoms with E-state index in [1.807, 2.05) is 97.1 Å². The fourth-order valence-corrected chi connectivity index (χ4v) is 4.62. The highest BCUT2D eigenvalue weighted by Crippen LogP contribution is 2.49. The predicted octanol–water partition coefficient (Wildman–Crippen LogP) is 5.89. The molecule has 1 heterocycles. The van der Waals surface area contributed by atoms with Gasteiger partial charge in [0.05, 0.1) is 14.2 Å². The number of hydrogen-bond acceptors (Lipinski definition) is 6. The molecule has 6 nitrogen and oxygen atoms in total. The van der Waals surface area contributed by atoms with E-state index in [-0.39, 0.29) is 12.2 Å². The molecule has 0 aromatic heterocycles. The van der Waals surface area contributed by atoms with Gasteiger partial charge in [0.25, 0.3) is 0 Å². The number of ether oxygens (including phenoxy) is 4. The molecular formula is C30H23NO5. The van der Waals surface area contributed by atoms with E-state index < -0.39 is 11.6 Å². The largest absolute Gasteiger partial charge is 0.497 e. The van der Waals surface area contributed by atoms with E-state index in [2.05, 4.69) is 0 Å². The molecule has 0 fully saturated rings. The van der Waals surface area contributed by atoms with E-state index in [0.717, 1.165) is 22.3 Å². The Morgan fingerprint density at radius 2 is 1.58 bits per heavy atom. The van der Waals surface area contributed by atoms with Gasteiger partial charge in [-0.25, -0.2) is 4.79 Å². The van der Waals surface area contributed by atoms with Gasteiger partial charge in [-0.2, -0.15) is 5.26 Å². The molecule has 0 radical (unpaired) electrons. The molecule has 1 atom stereocenters. The van der Waals surface area contributed by atoms with E-state index >= 15 is 0 Å². The van der Waals surface area contributed by atoms with E-state index in [9.17, 15) is 4.79 Å². The second-order valence-electron chi connectivity index (χ2n) is 8.20. The van der Waals surface area contributed by atoms with Crippen LogP contribution in [0.25, 0.3) is 16.8 Å². The zero-order chi connectivity index (χ0) is 25.1. The number of nitrogens with zero attached hydrogens (tertiary/aromatic N) is 1. The van der Waals surface area contributed by atoms with Crippen LogP contribution in [0.4, 0.5) is 0 Å². The maximum Gasteiger partial charge on any atom is 0.342 e. The molecule has 1 unspecified atom stereocenters. The van der Waals surface area contributed by atoms with Crippen LogP contribution in [0.3, 0.4) is 0 Å². The van der Waals surface area contributed by atoms with Crippen molar-refractivity contribution in [2.75, 3.05) is 20.8 Å². The van der Waals surface area contributed by atoms with Gasteiger partial charge in [0.2, 0.25) is 0 Å². The fraction of sp³-hybridized carbons (Fsp3) is 0.133. The van der Waals surface area contributed by atoms with Crippen molar-refractivity contribution in [3.8, 4) is 23.3 Å². The van der Waals surface area contributed by atoms with Crippen LogP contribution in [0, 0.1) is 11.3 Å². The third kappa shape index (κ3) is 3.71. The number of fused-ring (bicyclic) bond motifs is 3. The summed E-state index contributed by atoms with van der Waals surface area (Å²) < 4.78 is 23.2. The van der Waals surface area contributed by atoms with Gasteiger partial charge in [0, 0.05) is 27.5 Å². The lowest BCUT2D eigenvalue weighted by molar-refractivity contribution is 0.0595. The number of methoxy groups -OCH3 is 2. The van der Waals surface area contributed by atoms with Gasteiger partial charge >= 0.3 is 5.97 Å².